The lowest BCUT2D eigenvalue weighted by atomic mass is 10.1. The summed E-state index contributed by atoms with van der Waals surface area (Å²) >= 11 is 3.38. The van der Waals surface area contributed by atoms with E-state index in [4.69, 9.17) is 4.74 Å². The Hall–Kier alpha value is -2.09. The zero-order chi connectivity index (χ0) is 19.7. The molecule has 27 heavy (non-hydrogen) atoms. The SMILES string of the molecule is O=C(CCCCCCOc1cccc(Br)c1)Nc1ccnc(C(F)(F)F)c1. The number of anilines is 1. The number of hydrogen-bond donors (Lipinski definition) is 1. The summed E-state index contributed by atoms with van der Waals surface area (Å²) < 4.78 is 44.4. The van der Waals surface area contributed by atoms with Gasteiger partial charge in [0.2, 0.25) is 5.91 Å². The number of carbonyl (C=O) groups is 1. The van der Waals surface area contributed by atoms with Gasteiger partial charge in [0, 0.05) is 22.8 Å². The number of alkyl halides is 3. The molecule has 0 aliphatic heterocycles. The standard InChI is InChI=1S/C19H20BrF3N2O2/c20-14-6-5-7-16(12-14)27-11-4-2-1-3-8-18(26)25-15-9-10-24-17(13-15)19(21,22)23/h5-7,9-10,12-13H,1-4,8,11H2,(H,24,25,26). The summed E-state index contributed by atoms with van der Waals surface area (Å²) in [5.41, 5.74) is -0.921. The molecule has 1 aromatic heterocycles. The van der Waals surface area contributed by atoms with E-state index in [1.807, 2.05) is 24.3 Å². The molecule has 0 saturated heterocycles. The molecule has 0 radical (unpaired) electrons. The minimum absolute atomic E-state index is 0.102. The first kappa shape index (κ1) is 21.2. The third-order valence-electron chi connectivity index (χ3n) is 3.70. The van der Waals surface area contributed by atoms with Gasteiger partial charge >= 0.3 is 6.18 Å². The van der Waals surface area contributed by atoms with Gasteiger partial charge in [0.25, 0.3) is 0 Å². The zero-order valence-corrected chi connectivity index (χ0v) is 16.1. The molecule has 4 nitrogen and oxygen atoms in total. The van der Waals surface area contributed by atoms with Crippen molar-refractivity contribution in [1.29, 1.82) is 0 Å². The number of unbranched alkanes of at least 4 members (excludes halogenated alkanes) is 3. The number of amides is 1. The average Bonchev–Trinajstić information content (AvgIpc) is 2.60. The van der Waals surface area contributed by atoms with Crippen molar-refractivity contribution in [1.82, 2.24) is 4.98 Å². The van der Waals surface area contributed by atoms with E-state index in [-0.39, 0.29) is 18.0 Å². The molecule has 2 rings (SSSR count). The second-order valence-electron chi connectivity index (χ2n) is 5.95. The van der Waals surface area contributed by atoms with E-state index >= 15 is 0 Å². The summed E-state index contributed by atoms with van der Waals surface area (Å²) in [7, 11) is 0. The van der Waals surface area contributed by atoms with Crippen molar-refractivity contribution in [2.24, 2.45) is 0 Å². The highest BCUT2D eigenvalue weighted by molar-refractivity contribution is 9.10. The normalized spacial score (nSPS) is 11.3. The first-order valence-electron chi connectivity index (χ1n) is 8.56. The van der Waals surface area contributed by atoms with Crippen molar-refractivity contribution in [2.45, 2.75) is 38.3 Å². The molecule has 0 aliphatic rings. The average molecular weight is 445 g/mol. The van der Waals surface area contributed by atoms with Crippen LogP contribution in [0, 0.1) is 0 Å². The van der Waals surface area contributed by atoms with Crippen molar-refractivity contribution in [2.75, 3.05) is 11.9 Å². The van der Waals surface area contributed by atoms with Gasteiger partial charge in [-0.1, -0.05) is 34.8 Å². The molecule has 8 heteroatoms. The van der Waals surface area contributed by atoms with Gasteiger partial charge in [-0.3, -0.25) is 9.78 Å². The number of nitrogens with one attached hydrogen (secondary N) is 1. The fourth-order valence-corrected chi connectivity index (χ4v) is 2.75. The minimum Gasteiger partial charge on any atom is -0.494 e. The largest absolute Gasteiger partial charge is 0.494 e. The third kappa shape index (κ3) is 7.99. The fraction of sp³-hybridized carbons (Fsp3) is 0.368. The Kier molecular flexibility index (Phi) is 8.09. The number of carbonyl (C=O) groups excluding carboxylic acids is 1. The number of nitrogens with zero attached hydrogens (tertiary/aromatic N) is 1. The Morgan fingerprint density at radius 1 is 1.11 bits per heavy atom. The Balaban J connectivity index is 1.60. The van der Waals surface area contributed by atoms with Crippen molar-refractivity contribution in [3.63, 3.8) is 0 Å². The van der Waals surface area contributed by atoms with E-state index in [0.717, 1.165) is 41.7 Å². The second-order valence-corrected chi connectivity index (χ2v) is 6.86. The van der Waals surface area contributed by atoms with Crippen LogP contribution in [0.25, 0.3) is 0 Å². The molecule has 0 saturated carbocycles. The van der Waals surface area contributed by atoms with E-state index in [0.29, 0.717) is 13.0 Å². The van der Waals surface area contributed by atoms with Gasteiger partial charge in [-0.15, -0.1) is 0 Å². The Labute approximate surface area is 164 Å². The van der Waals surface area contributed by atoms with Crippen LogP contribution in [0.1, 0.15) is 37.8 Å². The van der Waals surface area contributed by atoms with E-state index in [1.54, 1.807) is 0 Å². The molecule has 0 fully saturated rings. The van der Waals surface area contributed by atoms with Crippen LogP contribution in [0.2, 0.25) is 0 Å². The highest BCUT2D eigenvalue weighted by Crippen LogP contribution is 2.28. The summed E-state index contributed by atoms with van der Waals surface area (Å²) in [6, 6.07) is 9.78. The molecule has 1 heterocycles. The smallest absolute Gasteiger partial charge is 0.433 e. The molecule has 2 aromatic rings. The highest BCUT2D eigenvalue weighted by atomic mass is 79.9. The van der Waals surface area contributed by atoms with Gasteiger partial charge in [-0.25, -0.2) is 0 Å². The number of rotatable bonds is 9. The molecule has 0 atom stereocenters. The third-order valence-corrected chi connectivity index (χ3v) is 4.19. The first-order valence-corrected chi connectivity index (χ1v) is 9.35. The molecule has 1 amide bonds. The maximum atomic E-state index is 12.6. The first-order chi connectivity index (χ1) is 12.8. The zero-order valence-electron chi connectivity index (χ0n) is 14.6. The summed E-state index contributed by atoms with van der Waals surface area (Å²) in [6.45, 7) is 0.597. The molecular formula is C19H20BrF3N2O2. The quantitative estimate of drug-likeness (QED) is 0.494. The molecule has 1 N–H and O–H groups in total. The van der Waals surface area contributed by atoms with Gasteiger partial charge in [0.15, 0.2) is 0 Å². The lowest BCUT2D eigenvalue weighted by Gasteiger charge is -2.09. The van der Waals surface area contributed by atoms with Gasteiger partial charge < -0.3 is 10.1 Å². The number of hydrogen-bond acceptors (Lipinski definition) is 3. The van der Waals surface area contributed by atoms with E-state index in [2.05, 4.69) is 26.2 Å². The van der Waals surface area contributed by atoms with Crippen LogP contribution in [0.5, 0.6) is 5.75 Å². The molecule has 0 aliphatic carbocycles. The van der Waals surface area contributed by atoms with Crippen LogP contribution in [0.15, 0.2) is 47.1 Å². The molecular weight excluding hydrogens is 425 g/mol. The van der Waals surface area contributed by atoms with E-state index < -0.39 is 11.9 Å². The molecule has 1 aromatic carbocycles. The number of pyridine rings is 1. The number of benzene rings is 1. The van der Waals surface area contributed by atoms with Gasteiger partial charge in [0.05, 0.1) is 6.61 Å². The van der Waals surface area contributed by atoms with Crippen LogP contribution >= 0.6 is 15.9 Å². The van der Waals surface area contributed by atoms with Crippen LogP contribution in [0.3, 0.4) is 0 Å². The van der Waals surface area contributed by atoms with Crippen molar-refractivity contribution >= 4 is 27.5 Å². The molecule has 0 unspecified atom stereocenters. The van der Waals surface area contributed by atoms with Crippen LogP contribution in [0.4, 0.5) is 18.9 Å². The second kappa shape index (κ2) is 10.3. The van der Waals surface area contributed by atoms with Crippen molar-refractivity contribution < 1.29 is 22.7 Å². The predicted molar refractivity (Wildman–Crippen MR) is 101 cm³/mol. The van der Waals surface area contributed by atoms with Gasteiger partial charge in [-0.2, -0.15) is 13.2 Å². The number of aromatic nitrogens is 1. The Morgan fingerprint density at radius 2 is 1.89 bits per heavy atom. The van der Waals surface area contributed by atoms with Crippen molar-refractivity contribution in [3.05, 3.63) is 52.8 Å². The van der Waals surface area contributed by atoms with Crippen LogP contribution in [-0.4, -0.2) is 17.5 Å². The maximum absolute atomic E-state index is 12.6. The summed E-state index contributed by atoms with van der Waals surface area (Å²) in [6.07, 6.45) is 0.0556. The lowest BCUT2D eigenvalue weighted by molar-refractivity contribution is -0.141. The summed E-state index contributed by atoms with van der Waals surface area (Å²) in [4.78, 5) is 15.1. The Bertz CT molecular complexity index is 754. The maximum Gasteiger partial charge on any atom is 0.433 e. The van der Waals surface area contributed by atoms with Crippen molar-refractivity contribution in [3.8, 4) is 5.75 Å². The minimum atomic E-state index is -4.53. The molecule has 0 bridgehead atoms. The fourth-order valence-electron chi connectivity index (χ4n) is 2.37. The lowest BCUT2D eigenvalue weighted by Crippen LogP contribution is -2.13. The van der Waals surface area contributed by atoms with E-state index in [9.17, 15) is 18.0 Å². The monoisotopic (exact) mass is 444 g/mol. The summed E-state index contributed by atoms with van der Waals surface area (Å²) in [5.74, 6) is 0.499. The topological polar surface area (TPSA) is 51.2 Å². The van der Waals surface area contributed by atoms with E-state index in [1.165, 1.54) is 6.07 Å². The number of ether oxygens (including phenoxy) is 1. The molecule has 146 valence electrons. The number of halogens is 4. The molecule has 0 spiro atoms. The predicted octanol–water partition coefficient (Wildman–Crippen LogP) is 5.83. The summed E-state index contributed by atoms with van der Waals surface area (Å²) in [5, 5.41) is 2.48. The Morgan fingerprint density at radius 3 is 2.63 bits per heavy atom. The van der Waals surface area contributed by atoms with Crippen LogP contribution < -0.4 is 10.1 Å². The van der Waals surface area contributed by atoms with Gasteiger partial charge in [-0.05, 0) is 43.2 Å². The van der Waals surface area contributed by atoms with Gasteiger partial charge in [0.1, 0.15) is 11.4 Å². The van der Waals surface area contributed by atoms with Crippen LogP contribution in [-0.2, 0) is 11.0 Å². The highest BCUT2D eigenvalue weighted by Gasteiger charge is 2.32.